The maximum absolute atomic E-state index is 13.2. The molecular formula is C17H14ClF3N2O2. The lowest BCUT2D eigenvalue weighted by Crippen LogP contribution is -2.26. The third kappa shape index (κ3) is 4.05. The molecule has 1 heterocycles. The molecule has 1 atom stereocenters. The summed E-state index contributed by atoms with van der Waals surface area (Å²) in [4.78, 5) is 3.64. The Hall–Kier alpha value is -2.25. The first-order valence-electron chi connectivity index (χ1n) is 7.43. The Morgan fingerprint density at radius 1 is 1.16 bits per heavy atom. The van der Waals surface area contributed by atoms with Crippen molar-refractivity contribution in [2.45, 2.75) is 18.8 Å². The Labute approximate surface area is 146 Å². The van der Waals surface area contributed by atoms with E-state index in [4.69, 9.17) is 16.3 Å². The minimum absolute atomic E-state index is 0.176. The number of imidazole rings is 1. The van der Waals surface area contributed by atoms with E-state index in [9.17, 15) is 18.3 Å². The van der Waals surface area contributed by atoms with Gasteiger partial charge in [0.25, 0.3) is 0 Å². The van der Waals surface area contributed by atoms with E-state index in [0.717, 1.165) is 4.57 Å². The second-order valence-corrected chi connectivity index (χ2v) is 5.89. The number of hydrogen-bond donors (Lipinski definition) is 1. The molecule has 0 saturated carbocycles. The summed E-state index contributed by atoms with van der Waals surface area (Å²) in [6.45, 7) is -0.472. The Morgan fingerprint density at radius 3 is 2.64 bits per heavy atom. The van der Waals surface area contributed by atoms with E-state index in [0.29, 0.717) is 16.3 Å². The van der Waals surface area contributed by atoms with E-state index >= 15 is 0 Å². The topological polar surface area (TPSA) is 47.3 Å². The molecule has 1 N–H and O–H groups in total. The molecule has 1 aromatic heterocycles. The van der Waals surface area contributed by atoms with Crippen LogP contribution in [-0.2, 0) is 12.7 Å². The number of nitrogens with zero attached hydrogens (tertiary/aromatic N) is 2. The summed E-state index contributed by atoms with van der Waals surface area (Å²) in [5.41, 5.74) is 0.523. The Kier molecular flexibility index (Phi) is 4.87. The number of alkyl halides is 3. The molecule has 25 heavy (non-hydrogen) atoms. The minimum Gasteiger partial charge on any atom is -0.491 e. The summed E-state index contributed by atoms with van der Waals surface area (Å²) in [6, 6.07) is 12.8. The molecule has 0 radical (unpaired) electrons. The average molecular weight is 371 g/mol. The lowest BCUT2D eigenvalue weighted by atomic mass is 10.3. The maximum Gasteiger partial charge on any atom is 0.449 e. The highest BCUT2D eigenvalue weighted by atomic mass is 35.5. The third-order valence-electron chi connectivity index (χ3n) is 3.54. The summed E-state index contributed by atoms with van der Waals surface area (Å²) in [5.74, 6) is -0.617. The van der Waals surface area contributed by atoms with Crippen molar-refractivity contribution in [2.24, 2.45) is 0 Å². The van der Waals surface area contributed by atoms with Crippen LogP contribution in [0.15, 0.2) is 48.5 Å². The van der Waals surface area contributed by atoms with Gasteiger partial charge in [0, 0.05) is 5.02 Å². The van der Waals surface area contributed by atoms with Crippen LogP contribution in [-0.4, -0.2) is 27.4 Å². The standard InChI is InChI=1S/C17H14ClF3N2O2/c18-11-4-3-5-13(8-11)25-10-12(24)9-23-15-7-2-1-6-14(15)22-16(23)17(19,20)21/h1-8,12,24H,9-10H2/t12-/m0/s1. The third-order valence-corrected chi connectivity index (χ3v) is 3.77. The van der Waals surface area contributed by atoms with Crippen molar-refractivity contribution in [1.82, 2.24) is 9.55 Å². The number of aliphatic hydroxyl groups excluding tert-OH is 1. The molecule has 0 spiro atoms. The van der Waals surface area contributed by atoms with Crippen molar-refractivity contribution in [3.63, 3.8) is 0 Å². The molecule has 0 aliphatic rings. The van der Waals surface area contributed by atoms with Crippen LogP contribution in [0.1, 0.15) is 5.82 Å². The van der Waals surface area contributed by atoms with Gasteiger partial charge < -0.3 is 14.4 Å². The highest BCUT2D eigenvalue weighted by Crippen LogP contribution is 2.31. The molecule has 3 aromatic rings. The van der Waals surface area contributed by atoms with Crippen molar-refractivity contribution < 1.29 is 23.0 Å². The second kappa shape index (κ2) is 6.93. The van der Waals surface area contributed by atoms with Gasteiger partial charge in [-0.15, -0.1) is 0 Å². The van der Waals surface area contributed by atoms with Crippen LogP contribution in [0.2, 0.25) is 5.02 Å². The number of aliphatic hydroxyl groups is 1. The first-order chi connectivity index (χ1) is 11.8. The van der Waals surface area contributed by atoms with E-state index in [2.05, 4.69) is 4.98 Å². The SMILES string of the molecule is O[C@H](COc1cccc(Cl)c1)Cn1c(C(F)(F)F)nc2ccccc21. The van der Waals surface area contributed by atoms with Crippen LogP contribution >= 0.6 is 11.6 Å². The molecule has 0 bridgehead atoms. The monoisotopic (exact) mass is 370 g/mol. The summed E-state index contributed by atoms with van der Waals surface area (Å²) in [6.07, 6.45) is -5.77. The van der Waals surface area contributed by atoms with Crippen LogP contribution in [0.5, 0.6) is 5.75 Å². The van der Waals surface area contributed by atoms with E-state index in [1.165, 1.54) is 12.1 Å². The molecule has 132 valence electrons. The van der Waals surface area contributed by atoms with Gasteiger partial charge in [-0.1, -0.05) is 29.8 Å². The highest BCUT2D eigenvalue weighted by molar-refractivity contribution is 6.30. The Bertz CT molecular complexity index is 880. The number of ether oxygens (including phenoxy) is 1. The normalized spacial score (nSPS) is 13.2. The number of benzene rings is 2. The zero-order valence-corrected chi connectivity index (χ0v) is 13.6. The number of fused-ring (bicyclic) bond motifs is 1. The fourth-order valence-corrected chi connectivity index (χ4v) is 2.67. The Morgan fingerprint density at radius 2 is 1.92 bits per heavy atom. The van der Waals surface area contributed by atoms with Gasteiger partial charge in [0.15, 0.2) is 0 Å². The molecule has 0 aliphatic heterocycles. The molecule has 4 nitrogen and oxygen atoms in total. The van der Waals surface area contributed by atoms with E-state index in [1.807, 2.05) is 0 Å². The molecule has 0 saturated heterocycles. The van der Waals surface area contributed by atoms with Crippen LogP contribution in [0, 0.1) is 0 Å². The molecule has 0 amide bonds. The predicted molar refractivity (Wildman–Crippen MR) is 87.7 cm³/mol. The summed E-state index contributed by atoms with van der Waals surface area (Å²) >= 11 is 5.83. The zero-order chi connectivity index (χ0) is 18.0. The molecule has 8 heteroatoms. The van der Waals surface area contributed by atoms with E-state index in [1.54, 1.807) is 36.4 Å². The van der Waals surface area contributed by atoms with Gasteiger partial charge in [0.2, 0.25) is 5.82 Å². The number of halogens is 4. The minimum atomic E-state index is -4.62. The molecule has 3 rings (SSSR count). The van der Waals surface area contributed by atoms with Crippen LogP contribution in [0.4, 0.5) is 13.2 Å². The lowest BCUT2D eigenvalue weighted by Gasteiger charge is -2.16. The zero-order valence-electron chi connectivity index (χ0n) is 12.9. The van der Waals surface area contributed by atoms with Gasteiger partial charge in [0.05, 0.1) is 17.6 Å². The van der Waals surface area contributed by atoms with E-state index in [-0.39, 0.29) is 18.7 Å². The van der Waals surface area contributed by atoms with Gasteiger partial charge >= 0.3 is 6.18 Å². The number of para-hydroxylation sites is 2. The molecule has 0 fully saturated rings. The van der Waals surface area contributed by atoms with Crippen molar-refractivity contribution >= 4 is 22.6 Å². The number of aromatic nitrogens is 2. The van der Waals surface area contributed by atoms with Crippen molar-refractivity contribution in [2.75, 3.05) is 6.61 Å². The fourth-order valence-electron chi connectivity index (χ4n) is 2.49. The van der Waals surface area contributed by atoms with Crippen molar-refractivity contribution in [3.05, 3.63) is 59.4 Å². The Balaban J connectivity index is 1.79. The van der Waals surface area contributed by atoms with Crippen molar-refractivity contribution in [3.8, 4) is 5.75 Å². The summed E-state index contributed by atoms with van der Waals surface area (Å²) in [5, 5.41) is 10.6. The quantitative estimate of drug-likeness (QED) is 0.734. The smallest absolute Gasteiger partial charge is 0.449 e. The van der Waals surface area contributed by atoms with E-state index < -0.39 is 18.1 Å². The molecule has 0 unspecified atom stereocenters. The lowest BCUT2D eigenvalue weighted by molar-refractivity contribution is -0.147. The predicted octanol–water partition coefficient (Wildman–Crippen LogP) is 4.15. The van der Waals surface area contributed by atoms with Gasteiger partial charge in [-0.05, 0) is 30.3 Å². The first kappa shape index (κ1) is 17.6. The second-order valence-electron chi connectivity index (χ2n) is 5.45. The van der Waals surface area contributed by atoms with Crippen LogP contribution in [0.25, 0.3) is 11.0 Å². The maximum atomic E-state index is 13.2. The molecular weight excluding hydrogens is 357 g/mol. The first-order valence-corrected chi connectivity index (χ1v) is 7.81. The fraction of sp³-hybridized carbons (Fsp3) is 0.235. The molecule has 2 aromatic carbocycles. The highest BCUT2D eigenvalue weighted by Gasteiger charge is 2.37. The number of hydrogen-bond acceptors (Lipinski definition) is 3. The van der Waals surface area contributed by atoms with Gasteiger partial charge in [0.1, 0.15) is 18.5 Å². The average Bonchev–Trinajstić information content (AvgIpc) is 2.92. The number of rotatable bonds is 5. The summed E-state index contributed by atoms with van der Waals surface area (Å²) in [7, 11) is 0. The largest absolute Gasteiger partial charge is 0.491 e. The van der Waals surface area contributed by atoms with Crippen molar-refractivity contribution in [1.29, 1.82) is 0 Å². The summed E-state index contributed by atoms with van der Waals surface area (Å²) < 4.78 is 46.0. The van der Waals surface area contributed by atoms with Gasteiger partial charge in [-0.3, -0.25) is 0 Å². The van der Waals surface area contributed by atoms with Crippen LogP contribution in [0.3, 0.4) is 0 Å². The van der Waals surface area contributed by atoms with Gasteiger partial charge in [-0.25, -0.2) is 4.98 Å². The molecule has 0 aliphatic carbocycles. The van der Waals surface area contributed by atoms with Crippen LogP contribution < -0.4 is 4.74 Å². The van der Waals surface area contributed by atoms with Gasteiger partial charge in [-0.2, -0.15) is 13.2 Å².